The molecule has 0 aliphatic rings. The Kier molecular flexibility index (Phi) is 6.09. The molecule has 0 bridgehead atoms. The first kappa shape index (κ1) is 17.8. The second-order valence-corrected chi connectivity index (χ2v) is 6.24. The Labute approximate surface area is 153 Å². The summed E-state index contributed by atoms with van der Waals surface area (Å²) in [5.74, 6) is 0.312. The molecule has 134 valence electrons. The van der Waals surface area contributed by atoms with Crippen LogP contribution in [0.5, 0.6) is 5.75 Å². The number of alkyl carbamates (subject to hydrolysis) is 1. The van der Waals surface area contributed by atoms with Crippen LogP contribution in [0.25, 0.3) is 10.8 Å². The minimum atomic E-state index is -0.385. The van der Waals surface area contributed by atoms with Crippen molar-refractivity contribution in [3.8, 4) is 5.75 Å². The molecule has 4 heteroatoms. The molecule has 1 amide bonds. The SMILES string of the molecule is O=C(NCCCCc1ccc(O)c2ccccc12)OCc1ccccc1. The van der Waals surface area contributed by atoms with Crippen LogP contribution in [0.15, 0.2) is 66.7 Å². The van der Waals surface area contributed by atoms with Crippen molar-refractivity contribution >= 4 is 16.9 Å². The van der Waals surface area contributed by atoms with Crippen LogP contribution in [-0.2, 0) is 17.8 Å². The lowest BCUT2D eigenvalue weighted by atomic mass is 9.99. The van der Waals surface area contributed by atoms with Crippen molar-refractivity contribution in [1.82, 2.24) is 5.32 Å². The van der Waals surface area contributed by atoms with E-state index in [2.05, 4.69) is 5.32 Å². The Hall–Kier alpha value is -3.01. The number of rotatable bonds is 7. The van der Waals surface area contributed by atoms with Gasteiger partial charge in [-0.05, 0) is 41.8 Å². The highest BCUT2D eigenvalue weighted by Crippen LogP contribution is 2.28. The number of fused-ring (bicyclic) bond motifs is 1. The minimum absolute atomic E-state index is 0.284. The normalized spacial score (nSPS) is 10.6. The first-order valence-electron chi connectivity index (χ1n) is 8.88. The monoisotopic (exact) mass is 349 g/mol. The average molecular weight is 349 g/mol. The average Bonchev–Trinajstić information content (AvgIpc) is 2.69. The molecule has 4 nitrogen and oxygen atoms in total. The Bertz CT molecular complexity index is 862. The molecule has 0 atom stereocenters. The molecule has 3 aromatic rings. The smallest absolute Gasteiger partial charge is 0.407 e. The van der Waals surface area contributed by atoms with Crippen molar-refractivity contribution < 1.29 is 14.6 Å². The fourth-order valence-electron chi connectivity index (χ4n) is 2.97. The zero-order valence-electron chi connectivity index (χ0n) is 14.7. The van der Waals surface area contributed by atoms with Gasteiger partial charge in [-0.15, -0.1) is 0 Å². The summed E-state index contributed by atoms with van der Waals surface area (Å²) in [5, 5.41) is 14.7. The Morgan fingerprint density at radius 3 is 2.42 bits per heavy atom. The number of aromatic hydroxyl groups is 1. The minimum Gasteiger partial charge on any atom is -0.507 e. The van der Waals surface area contributed by atoms with Gasteiger partial charge in [-0.1, -0.05) is 60.7 Å². The van der Waals surface area contributed by atoms with Crippen LogP contribution >= 0.6 is 0 Å². The van der Waals surface area contributed by atoms with Gasteiger partial charge in [0.05, 0.1) is 0 Å². The number of phenolic OH excluding ortho intramolecular Hbond substituents is 1. The zero-order chi connectivity index (χ0) is 18.2. The summed E-state index contributed by atoms with van der Waals surface area (Å²) in [5.41, 5.74) is 2.19. The molecule has 0 saturated heterocycles. The predicted molar refractivity (Wildman–Crippen MR) is 103 cm³/mol. The van der Waals surface area contributed by atoms with Gasteiger partial charge in [-0.3, -0.25) is 0 Å². The van der Waals surface area contributed by atoms with Gasteiger partial charge >= 0.3 is 6.09 Å². The fourth-order valence-corrected chi connectivity index (χ4v) is 2.97. The van der Waals surface area contributed by atoms with E-state index in [1.807, 2.05) is 60.7 Å². The number of benzene rings is 3. The summed E-state index contributed by atoms with van der Waals surface area (Å²) in [6.45, 7) is 0.871. The van der Waals surface area contributed by atoms with Crippen LogP contribution in [0.2, 0.25) is 0 Å². The first-order valence-corrected chi connectivity index (χ1v) is 8.88. The number of phenols is 1. The van der Waals surface area contributed by atoms with E-state index < -0.39 is 0 Å². The van der Waals surface area contributed by atoms with E-state index >= 15 is 0 Å². The Morgan fingerprint density at radius 2 is 1.62 bits per heavy atom. The number of carbonyl (C=O) groups excluding carboxylic acids is 1. The van der Waals surface area contributed by atoms with E-state index in [-0.39, 0.29) is 12.7 Å². The van der Waals surface area contributed by atoms with Crippen LogP contribution < -0.4 is 5.32 Å². The van der Waals surface area contributed by atoms with Gasteiger partial charge in [0.15, 0.2) is 0 Å². The van der Waals surface area contributed by atoms with Crippen molar-refractivity contribution in [1.29, 1.82) is 0 Å². The highest BCUT2D eigenvalue weighted by Gasteiger charge is 2.05. The summed E-state index contributed by atoms with van der Waals surface area (Å²) in [6.07, 6.45) is 2.34. The van der Waals surface area contributed by atoms with E-state index in [0.717, 1.165) is 35.6 Å². The molecular weight excluding hydrogens is 326 g/mol. The Balaban J connectivity index is 1.39. The molecule has 0 aliphatic heterocycles. The summed E-state index contributed by atoms with van der Waals surface area (Å²) >= 11 is 0. The Morgan fingerprint density at radius 1 is 0.885 bits per heavy atom. The number of unbranched alkanes of at least 4 members (excludes halogenated alkanes) is 1. The van der Waals surface area contributed by atoms with Gasteiger partial charge in [-0.2, -0.15) is 0 Å². The second kappa shape index (κ2) is 8.90. The highest BCUT2D eigenvalue weighted by molar-refractivity contribution is 5.90. The van der Waals surface area contributed by atoms with Crippen LogP contribution in [0.3, 0.4) is 0 Å². The summed E-state index contributed by atoms with van der Waals surface area (Å²) in [7, 11) is 0. The van der Waals surface area contributed by atoms with Crippen molar-refractivity contribution in [2.75, 3.05) is 6.54 Å². The summed E-state index contributed by atoms with van der Waals surface area (Å²) < 4.78 is 5.19. The van der Waals surface area contributed by atoms with Crippen molar-refractivity contribution in [3.05, 3.63) is 77.9 Å². The lowest BCUT2D eigenvalue weighted by Gasteiger charge is -2.09. The molecular formula is C22H23NO3. The van der Waals surface area contributed by atoms with E-state index in [0.29, 0.717) is 12.3 Å². The quantitative estimate of drug-likeness (QED) is 0.603. The molecule has 3 rings (SSSR count). The third-order valence-corrected chi connectivity index (χ3v) is 4.35. The molecule has 3 aromatic carbocycles. The second-order valence-electron chi connectivity index (χ2n) is 6.24. The number of nitrogens with one attached hydrogen (secondary N) is 1. The molecule has 0 aliphatic carbocycles. The van der Waals surface area contributed by atoms with Gasteiger partial charge in [-0.25, -0.2) is 4.79 Å². The zero-order valence-corrected chi connectivity index (χ0v) is 14.7. The molecule has 0 aromatic heterocycles. The number of hydrogen-bond acceptors (Lipinski definition) is 3. The van der Waals surface area contributed by atoms with Crippen molar-refractivity contribution in [2.24, 2.45) is 0 Å². The van der Waals surface area contributed by atoms with Crippen LogP contribution in [0.1, 0.15) is 24.0 Å². The number of ether oxygens (including phenoxy) is 1. The van der Waals surface area contributed by atoms with E-state index in [4.69, 9.17) is 4.74 Å². The van der Waals surface area contributed by atoms with Crippen LogP contribution in [0, 0.1) is 0 Å². The largest absolute Gasteiger partial charge is 0.507 e. The molecule has 0 radical (unpaired) electrons. The molecule has 2 N–H and O–H groups in total. The van der Waals surface area contributed by atoms with E-state index in [9.17, 15) is 9.90 Å². The van der Waals surface area contributed by atoms with Gasteiger partial charge in [0, 0.05) is 11.9 Å². The standard InChI is InChI=1S/C22H23NO3/c24-21-14-13-18(19-11-4-5-12-20(19)21)10-6-7-15-23-22(25)26-16-17-8-2-1-3-9-17/h1-5,8-9,11-14,24H,6-7,10,15-16H2,(H,23,25). The highest BCUT2D eigenvalue weighted by atomic mass is 16.5. The number of aryl methyl sites for hydroxylation is 1. The lowest BCUT2D eigenvalue weighted by Crippen LogP contribution is -2.25. The maximum atomic E-state index is 11.7. The molecule has 0 fully saturated rings. The number of amides is 1. The molecule has 0 heterocycles. The van der Waals surface area contributed by atoms with E-state index in [1.165, 1.54) is 5.56 Å². The number of carbonyl (C=O) groups is 1. The summed E-state index contributed by atoms with van der Waals surface area (Å²) in [6, 6.07) is 21.2. The molecule has 0 saturated carbocycles. The third-order valence-electron chi connectivity index (χ3n) is 4.35. The maximum Gasteiger partial charge on any atom is 0.407 e. The van der Waals surface area contributed by atoms with Crippen LogP contribution in [0.4, 0.5) is 4.79 Å². The predicted octanol–water partition coefficient (Wildman–Crippen LogP) is 4.79. The van der Waals surface area contributed by atoms with Crippen molar-refractivity contribution in [2.45, 2.75) is 25.9 Å². The lowest BCUT2D eigenvalue weighted by molar-refractivity contribution is 0.139. The van der Waals surface area contributed by atoms with Crippen molar-refractivity contribution in [3.63, 3.8) is 0 Å². The van der Waals surface area contributed by atoms with Gasteiger partial charge < -0.3 is 15.2 Å². The van der Waals surface area contributed by atoms with Gasteiger partial charge in [0.2, 0.25) is 0 Å². The molecule has 0 spiro atoms. The van der Waals surface area contributed by atoms with Crippen LogP contribution in [-0.4, -0.2) is 17.7 Å². The van der Waals surface area contributed by atoms with Gasteiger partial charge in [0.25, 0.3) is 0 Å². The third kappa shape index (κ3) is 4.76. The van der Waals surface area contributed by atoms with Gasteiger partial charge in [0.1, 0.15) is 12.4 Å². The van der Waals surface area contributed by atoms with E-state index in [1.54, 1.807) is 6.07 Å². The number of hydrogen-bond donors (Lipinski definition) is 2. The first-order chi connectivity index (χ1) is 12.7. The topological polar surface area (TPSA) is 58.6 Å². The molecule has 26 heavy (non-hydrogen) atoms. The fraction of sp³-hybridized carbons (Fsp3) is 0.227. The summed E-state index contributed by atoms with van der Waals surface area (Å²) in [4.78, 5) is 11.7. The molecule has 0 unspecified atom stereocenters. The maximum absolute atomic E-state index is 11.7.